The largest absolute Gasteiger partial charge is 0.489 e. The summed E-state index contributed by atoms with van der Waals surface area (Å²) in [5.41, 5.74) is 10.3. The predicted molar refractivity (Wildman–Crippen MR) is 90.0 cm³/mol. The van der Waals surface area contributed by atoms with Crippen LogP contribution in [0.5, 0.6) is 5.75 Å². The van der Waals surface area contributed by atoms with Crippen LogP contribution in [0.2, 0.25) is 0 Å². The highest BCUT2D eigenvalue weighted by Crippen LogP contribution is 2.26. The van der Waals surface area contributed by atoms with Gasteiger partial charge in [-0.05, 0) is 44.9 Å². The van der Waals surface area contributed by atoms with Crippen molar-refractivity contribution in [3.05, 3.63) is 53.6 Å². The summed E-state index contributed by atoms with van der Waals surface area (Å²) in [5.74, 6) is 0.741. The van der Waals surface area contributed by atoms with E-state index in [9.17, 15) is 0 Å². The van der Waals surface area contributed by atoms with E-state index in [4.69, 9.17) is 10.5 Å². The lowest BCUT2D eigenvalue weighted by atomic mass is 10.1. The van der Waals surface area contributed by atoms with E-state index in [0.29, 0.717) is 5.69 Å². The minimum absolute atomic E-state index is 0.120. The summed E-state index contributed by atoms with van der Waals surface area (Å²) in [6.07, 6.45) is 1.11. The minimum atomic E-state index is 0.120. The fourth-order valence-corrected chi connectivity index (χ4v) is 2.22. The van der Waals surface area contributed by atoms with E-state index in [1.165, 1.54) is 11.1 Å². The second kappa shape index (κ2) is 7.02. The number of hydrogen-bond acceptors (Lipinski definition) is 3. The van der Waals surface area contributed by atoms with Gasteiger partial charge >= 0.3 is 0 Å². The van der Waals surface area contributed by atoms with Gasteiger partial charge in [0.1, 0.15) is 5.75 Å². The van der Waals surface area contributed by atoms with Crippen molar-refractivity contribution in [3.8, 4) is 5.75 Å². The Balaban J connectivity index is 1.94. The van der Waals surface area contributed by atoms with E-state index >= 15 is 0 Å². The molecule has 0 aliphatic carbocycles. The van der Waals surface area contributed by atoms with Gasteiger partial charge in [-0.1, -0.05) is 29.8 Å². The zero-order valence-electron chi connectivity index (χ0n) is 13.0. The Hall–Kier alpha value is -2.16. The van der Waals surface area contributed by atoms with Gasteiger partial charge < -0.3 is 15.8 Å². The summed E-state index contributed by atoms with van der Waals surface area (Å²) >= 11 is 0. The third-order valence-electron chi connectivity index (χ3n) is 3.20. The molecule has 0 amide bonds. The fourth-order valence-electron chi connectivity index (χ4n) is 2.22. The zero-order chi connectivity index (χ0) is 15.2. The van der Waals surface area contributed by atoms with Gasteiger partial charge in [0, 0.05) is 18.3 Å². The van der Waals surface area contributed by atoms with Crippen LogP contribution in [0.4, 0.5) is 11.4 Å². The van der Waals surface area contributed by atoms with Gasteiger partial charge in [-0.25, -0.2) is 0 Å². The maximum Gasteiger partial charge on any atom is 0.144 e. The molecule has 0 heterocycles. The Labute approximate surface area is 127 Å². The minimum Gasteiger partial charge on any atom is -0.489 e. The highest BCUT2D eigenvalue weighted by atomic mass is 16.5. The maximum atomic E-state index is 5.92. The highest BCUT2D eigenvalue weighted by molar-refractivity contribution is 5.61. The first-order valence-electron chi connectivity index (χ1n) is 7.40. The number of anilines is 2. The summed E-state index contributed by atoms with van der Waals surface area (Å²) in [6.45, 7) is 7.00. The molecule has 0 aliphatic rings. The molecule has 3 nitrogen and oxygen atoms in total. The van der Waals surface area contributed by atoms with Crippen molar-refractivity contribution in [2.75, 3.05) is 17.6 Å². The molecule has 0 bridgehead atoms. The summed E-state index contributed by atoms with van der Waals surface area (Å²) in [7, 11) is 0. The van der Waals surface area contributed by atoms with Crippen molar-refractivity contribution in [1.82, 2.24) is 0 Å². The Bertz CT molecular complexity index is 594. The molecular formula is C18H24N2O. The van der Waals surface area contributed by atoms with Crippen LogP contribution in [-0.4, -0.2) is 12.6 Å². The van der Waals surface area contributed by atoms with Gasteiger partial charge in [0.05, 0.1) is 11.8 Å². The van der Waals surface area contributed by atoms with E-state index in [1.807, 2.05) is 32.0 Å². The molecule has 21 heavy (non-hydrogen) atoms. The summed E-state index contributed by atoms with van der Waals surface area (Å²) in [6, 6.07) is 14.4. The van der Waals surface area contributed by atoms with Crippen LogP contribution < -0.4 is 15.8 Å². The average Bonchev–Trinajstić information content (AvgIpc) is 2.42. The molecule has 0 radical (unpaired) electrons. The fraction of sp³-hybridized carbons (Fsp3) is 0.333. The Morgan fingerprint density at radius 2 is 1.95 bits per heavy atom. The summed E-state index contributed by atoms with van der Waals surface area (Å²) < 4.78 is 5.70. The molecule has 2 aromatic carbocycles. The van der Waals surface area contributed by atoms with E-state index in [0.717, 1.165) is 24.4 Å². The number of hydrogen-bond donors (Lipinski definition) is 2. The summed E-state index contributed by atoms with van der Waals surface area (Å²) in [5, 5.41) is 3.42. The topological polar surface area (TPSA) is 47.3 Å². The number of nitrogens with one attached hydrogen (secondary N) is 1. The lowest BCUT2D eigenvalue weighted by Gasteiger charge is -2.14. The maximum absolute atomic E-state index is 5.92. The quantitative estimate of drug-likeness (QED) is 0.788. The Morgan fingerprint density at radius 1 is 1.14 bits per heavy atom. The Kier molecular flexibility index (Phi) is 5.09. The molecule has 3 N–H and O–H groups in total. The normalized spacial score (nSPS) is 10.7. The van der Waals surface area contributed by atoms with Gasteiger partial charge in [0.2, 0.25) is 0 Å². The van der Waals surface area contributed by atoms with Crippen LogP contribution in [0, 0.1) is 6.92 Å². The number of rotatable bonds is 6. The average molecular weight is 284 g/mol. The molecule has 0 fully saturated rings. The first kappa shape index (κ1) is 15.2. The number of aryl methyl sites for hydroxylation is 1. The summed E-state index contributed by atoms with van der Waals surface area (Å²) in [4.78, 5) is 0. The number of nitrogen functional groups attached to an aromatic ring is 1. The molecule has 0 aromatic heterocycles. The van der Waals surface area contributed by atoms with Gasteiger partial charge in [0.25, 0.3) is 0 Å². The van der Waals surface area contributed by atoms with E-state index in [2.05, 4.69) is 36.5 Å². The van der Waals surface area contributed by atoms with Crippen molar-refractivity contribution < 1.29 is 4.74 Å². The van der Waals surface area contributed by atoms with Crippen molar-refractivity contribution in [2.45, 2.75) is 33.3 Å². The molecule has 0 atom stereocenters. The van der Waals surface area contributed by atoms with Crippen LogP contribution >= 0.6 is 0 Å². The van der Waals surface area contributed by atoms with Crippen molar-refractivity contribution in [2.24, 2.45) is 0 Å². The molecule has 0 saturated carbocycles. The Morgan fingerprint density at radius 3 is 2.67 bits per heavy atom. The molecule has 3 heteroatoms. The molecule has 0 spiro atoms. The molecule has 2 aromatic rings. The van der Waals surface area contributed by atoms with Gasteiger partial charge in [-0.15, -0.1) is 0 Å². The number of nitrogens with two attached hydrogens (primary N) is 1. The van der Waals surface area contributed by atoms with Crippen LogP contribution in [0.25, 0.3) is 0 Å². The number of ether oxygens (including phenoxy) is 1. The van der Waals surface area contributed by atoms with E-state index in [1.54, 1.807) is 0 Å². The second-order valence-corrected chi connectivity index (χ2v) is 5.59. The van der Waals surface area contributed by atoms with Crippen molar-refractivity contribution >= 4 is 11.4 Å². The van der Waals surface area contributed by atoms with Crippen LogP contribution in [-0.2, 0) is 6.42 Å². The zero-order valence-corrected chi connectivity index (χ0v) is 13.0. The molecular weight excluding hydrogens is 260 g/mol. The first-order chi connectivity index (χ1) is 10.0. The first-order valence-corrected chi connectivity index (χ1v) is 7.40. The third-order valence-corrected chi connectivity index (χ3v) is 3.20. The van der Waals surface area contributed by atoms with Crippen molar-refractivity contribution in [1.29, 1.82) is 0 Å². The van der Waals surface area contributed by atoms with Gasteiger partial charge in [-0.2, -0.15) is 0 Å². The standard InChI is InChI=1S/C18H24N2O/c1-13(2)21-18-12-16(7-8-17(18)19)20-10-9-15-6-4-5-14(3)11-15/h4-8,11-13,20H,9-10,19H2,1-3H3. The van der Waals surface area contributed by atoms with Gasteiger partial charge in [-0.3, -0.25) is 0 Å². The smallest absolute Gasteiger partial charge is 0.144 e. The van der Waals surface area contributed by atoms with Crippen LogP contribution in [0.3, 0.4) is 0 Å². The third kappa shape index (κ3) is 4.71. The molecule has 2 rings (SSSR count). The molecule has 0 aliphatic heterocycles. The van der Waals surface area contributed by atoms with Crippen LogP contribution in [0.15, 0.2) is 42.5 Å². The monoisotopic (exact) mass is 284 g/mol. The van der Waals surface area contributed by atoms with Crippen molar-refractivity contribution in [3.63, 3.8) is 0 Å². The van der Waals surface area contributed by atoms with E-state index in [-0.39, 0.29) is 6.10 Å². The molecule has 0 unspecified atom stereocenters. The van der Waals surface area contributed by atoms with Crippen LogP contribution in [0.1, 0.15) is 25.0 Å². The van der Waals surface area contributed by atoms with E-state index < -0.39 is 0 Å². The predicted octanol–water partition coefficient (Wildman–Crippen LogP) is 4.02. The van der Waals surface area contributed by atoms with Gasteiger partial charge in [0.15, 0.2) is 0 Å². The lowest BCUT2D eigenvalue weighted by Crippen LogP contribution is -2.09. The lowest BCUT2D eigenvalue weighted by molar-refractivity contribution is 0.244. The number of benzene rings is 2. The highest BCUT2D eigenvalue weighted by Gasteiger charge is 2.04. The second-order valence-electron chi connectivity index (χ2n) is 5.59. The SMILES string of the molecule is Cc1cccc(CCNc2ccc(N)c(OC(C)C)c2)c1. The molecule has 112 valence electrons. The molecule has 0 saturated heterocycles.